The van der Waals surface area contributed by atoms with Crippen LogP contribution in [0, 0.1) is 5.82 Å². The molecule has 146 valence electrons. The molecule has 0 bridgehead atoms. The average molecular weight is 392 g/mol. The molecule has 3 N–H and O–H groups in total. The van der Waals surface area contributed by atoms with Crippen molar-refractivity contribution in [1.82, 2.24) is 0 Å². The van der Waals surface area contributed by atoms with Crippen molar-refractivity contribution in [2.75, 3.05) is 10.3 Å². The summed E-state index contributed by atoms with van der Waals surface area (Å²) < 4.78 is 42.5. The van der Waals surface area contributed by atoms with Gasteiger partial charge in [-0.2, -0.15) is 13.9 Å². The Bertz CT molecular complexity index is 919. The largest absolute Gasteiger partial charge is 0.433 e. The third kappa shape index (κ3) is 4.22. The van der Waals surface area contributed by atoms with Gasteiger partial charge in [-0.25, -0.2) is 4.39 Å². The highest BCUT2D eigenvalue weighted by molar-refractivity contribution is 6.44. The first-order valence-corrected chi connectivity index (χ1v) is 8.12. The van der Waals surface area contributed by atoms with E-state index in [1.165, 1.54) is 53.5 Å². The highest BCUT2D eigenvalue weighted by Crippen LogP contribution is 2.28. The average Bonchev–Trinajstić information content (AvgIpc) is 3.09. The summed E-state index contributed by atoms with van der Waals surface area (Å²) in [5.41, 5.74) is 5.73. The second-order valence-electron chi connectivity index (χ2n) is 5.82. The quantitative estimate of drug-likeness (QED) is 0.789. The lowest BCUT2D eigenvalue weighted by atomic mass is 10.1. The van der Waals surface area contributed by atoms with E-state index in [1.54, 1.807) is 0 Å². The molecular formula is C18H15F3N4O3. The maximum absolute atomic E-state index is 13.1. The van der Waals surface area contributed by atoms with E-state index >= 15 is 0 Å². The number of rotatable bonds is 6. The lowest BCUT2D eigenvalue weighted by Crippen LogP contribution is -2.39. The monoisotopic (exact) mass is 392 g/mol. The number of ether oxygens (including phenoxy) is 1. The summed E-state index contributed by atoms with van der Waals surface area (Å²) in [6.45, 7) is -3.06. The van der Waals surface area contributed by atoms with Crippen LogP contribution in [-0.2, 0) is 9.59 Å². The zero-order valence-electron chi connectivity index (χ0n) is 14.3. The molecule has 0 spiro atoms. The highest BCUT2D eigenvalue weighted by atomic mass is 19.3. The van der Waals surface area contributed by atoms with Crippen LogP contribution in [0.5, 0.6) is 5.75 Å². The molecule has 0 fully saturated rings. The lowest BCUT2D eigenvalue weighted by Gasteiger charge is -2.20. The predicted molar refractivity (Wildman–Crippen MR) is 95.6 cm³/mol. The van der Waals surface area contributed by atoms with Crippen LogP contribution in [0.4, 0.5) is 24.5 Å². The minimum absolute atomic E-state index is 0.0198. The molecule has 2 aromatic rings. The molecule has 1 atom stereocenters. The molecule has 0 aromatic heterocycles. The first-order chi connectivity index (χ1) is 13.3. The number of carbonyl (C=O) groups excluding carboxylic acids is 2. The van der Waals surface area contributed by atoms with Crippen LogP contribution in [0.2, 0.25) is 0 Å². The molecular weight excluding hydrogens is 377 g/mol. The maximum Gasteiger partial charge on any atom is 0.387 e. The zero-order valence-corrected chi connectivity index (χ0v) is 14.3. The van der Waals surface area contributed by atoms with Crippen LogP contribution in [0.25, 0.3) is 0 Å². The summed E-state index contributed by atoms with van der Waals surface area (Å²) in [5, 5.41) is 7.76. The Morgan fingerprint density at radius 3 is 2.50 bits per heavy atom. The van der Waals surface area contributed by atoms with Crippen LogP contribution in [0.1, 0.15) is 6.42 Å². The Morgan fingerprint density at radius 1 is 1.18 bits per heavy atom. The summed E-state index contributed by atoms with van der Waals surface area (Å²) in [6, 6.07) is 9.85. The van der Waals surface area contributed by atoms with E-state index in [0.29, 0.717) is 5.69 Å². The topological polar surface area (TPSA) is 97.0 Å². The van der Waals surface area contributed by atoms with E-state index in [4.69, 9.17) is 5.73 Å². The Balaban J connectivity index is 1.83. The van der Waals surface area contributed by atoms with Gasteiger partial charge in [0.1, 0.15) is 23.3 Å². The molecule has 0 saturated carbocycles. The molecule has 0 radical (unpaired) electrons. The minimum atomic E-state index is -3.06. The second kappa shape index (κ2) is 7.99. The van der Waals surface area contributed by atoms with Crippen molar-refractivity contribution in [3.05, 3.63) is 54.3 Å². The van der Waals surface area contributed by atoms with Gasteiger partial charge < -0.3 is 15.8 Å². The van der Waals surface area contributed by atoms with Crippen molar-refractivity contribution in [2.45, 2.75) is 19.1 Å². The number of nitrogens with one attached hydrogen (secondary N) is 1. The number of hydrogen-bond acceptors (Lipinski definition) is 5. The van der Waals surface area contributed by atoms with Crippen LogP contribution >= 0.6 is 0 Å². The standard InChI is InChI=1S/C18H15F3N4O3/c19-10-5-7-11(8-6-10)25-14(16(22)26)9-13(24-25)17(27)23-12-3-1-2-4-15(12)28-18(20)21/h1-8,14,18H,9H2,(H2,22,26)(H,23,27)/t14-/m1/s1. The lowest BCUT2D eigenvalue weighted by molar-refractivity contribution is -0.119. The smallest absolute Gasteiger partial charge is 0.387 e. The molecule has 0 aliphatic carbocycles. The van der Waals surface area contributed by atoms with Crippen LogP contribution in [0.15, 0.2) is 53.6 Å². The summed E-state index contributed by atoms with van der Waals surface area (Å²) in [5.74, 6) is -2.12. The molecule has 3 rings (SSSR count). The van der Waals surface area contributed by atoms with Gasteiger partial charge in [0.25, 0.3) is 5.91 Å². The molecule has 1 aliphatic heterocycles. The van der Waals surface area contributed by atoms with Crippen LogP contribution in [-0.4, -0.2) is 30.2 Å². The molecule has 0 saturated heterocycles. The molecule has 2 amide bonds. The Morgan fingerprint density at radius 2 is 1.86 bits per heavy atom. The fourth-order valence-electron chi connectivity index (χ4n) is 2.66. The van der Waals surface area contributed by atoms with Crippen molar-refractivity contribution in [3.63, 3.8) is 0 Å². The third-order valence-corrected chi connectivity index (χ3v) is 3.94. The number of primary amides is 1. The third-order valence-electron chi connectivity index (χ3n) is 3.94. The van der Waals surface area contributed by atoms with Crippen LogP contribution < -0.4 is 20.8 Å². The fraction of sp³-hybridized carbons (Fsp3) is 0.167. The van der Waals surface area contributed by atoms with Crippen molar-refractivity contribution in [3.8, 4) is 5.75 Å². The van der Waals surface area contributed by atoms with E-state index in [9.17, 15) is 22.8 Å². The molecule has 10 heteroatoms. The summed E-state index contributed by atoms with van der Waals surface area (Å²) in [7, 11) is 0. The van der Waals surface area contributed by atoms with E-state index in [2.05, 4.69) is 15.2 Å². The number of amides is 2. The predicted octanol–water partition coefficient (Wildman–Crippen LogP) is 2.49. The summed E-state index contributed by atoms with van der Waals surface area (Å²) in [4.78, 5) is 24.3. The number of alkyl halides is 2. The Hall–Kier alpha value is -3.56. The normalized spacial score (nSPS) is 16.1. The SMILES string of the molecule is NC(=O)[C@H]1CC(C(=O)Nc2ccccc2OC(F)F)=NN1c1ccc(F)cc1. The van der Waals surface area contributed by atoms with E-state index in [-0.39, 0.29) is 23.6 Å². The number of carbonyl (C=O) groups is 2. The van der Waals surface area contributed by atoms with Crippen molar-refractivity contribution < 1.29 is 27.5 Å². The van der Waals surface area contributed by atoms with E-state index in [0.717, 1.165) is 0 Å². The number of anilines is 2. The first-order valence-electron chi connectivity index (χ1n) is 8.12. The number of nitrogens with zero attached hydrogens (tertiary/aromatic N) is 2. The summed E-state index contributed by atoms with van der Waals surface area (Å²) in [6.07, 6.45) is -0.101. The van der Waals surface area contributed by atoms with Gasteiger partial charge in [0.15, 0.2) is 0 Å². The number of nitrogens with two attached hydrogens (primary N) is 1. The number of hydrazone groups is 1. The highest BCUT2D eigenvalue weighted by Gasteiger charge is 2.35. The van der Waals surface area contributed by atoms with Gasteiger partial charge in [0.2, 0.25) is 5.91 Å². The molecule has 28 heavy (non-hydrogen) atoms. The number of hydrogen-bond donors (Lipinski definition) is 2. The van der Waals surface area contributed by atoms with Gasteiger partial charge in [-0.1, -0.05) is 12.1 Å². The number of para-hydroxylation sites is 2. The van der Waals surface area contributed by atoms with Gasteiger partial charge in [-0.3, -0.25) is 14.6 Å². The van der Waals surface area contributed by atoms with Gasteiger partial charge in [0, 0.05) is 6.42 Å². The number of halogens is 3. The van der Waals surface area contributed by atoms with Crippen molar-refractivity contribution in [1.29, 1.82) is 0 Å². The molecule has 1 aliphatic rings. The minimum Gasteiger partial charge on any atom is -0.433 e. The molecule has 2 aromatic carbocycles. The molecule has 7 nitrogen and oxygen atoms in total. The van der Waals surface area contributed by atoms with Crippen molar-refractivity contribution in [2.24, 2.45) is 10.8 Å². The van der Waals surface area contributed by atoms with Gasteiger partial charge in [0.05, 0.1) is 11.4 Å². The maximum atomic E-state index is 13.1. The number of benzene rings is 2. The van der Waals surface area contributed by atoms with Gasteiger partial charge in [-0.05, 0) is 36.4 Å². The van der Waals surface area contributed by atoms with E-state index in [1.807, 2.05) is 0 Å². The molecule has 1 heterocycles. The van der Waals surface area contributed by atoms with Crippen LogP contribution in [0.3, 0.4) is 0 Å². The van der Waals surface area contributed by atoms with E-state index < -0.39 is 30.3 Å². The second-order valence-corrected chi connectivity index (χ2v) is 5.82. The van der Waals surface area contributed by atoms with Crippen molar-refractivity contribution >= 4 is 28.9 Å². The fourth-order valence-corrected chi connectivity index (χ4v) is 2.66. The summed E-state index contributed by atoms with van der Waals surface area (Å²) >= 11 is 0. The zero-order chi connectivity index (χ0) is 20.3. The Labute approximate surface area is 157 Å². The van der Waals surface area contributed by atoms with Gasteiger partial charge >= 0.3 is 6.61 Å². The Kier molecular flexibility index (Phi) is 5.48. The van der Waals surface area contributed by atoms with Gasteiger partial charge in [-0.15, -0.1) is 0 Å². The molecule has 0 unspecified atom stereocenters. The first kappa shape index (κ1) is 19.2.